The number of benzene rings is 1. The second-order valence-corrected chi connectivity index (χ2v) is 9.00. The molecule has 3 rings (SSSR count). The van der Waals surface area contributed by atoms with E-state index in [-0.39, 0.29) is 34.6 Å². The summed E-state index contributed by atoms with van der Waals surface area (Å²) in [6.45, 7) is 3.16. The molecule has 1 atom stereocenters. The highest BCUT2D eigenvalue weighted by molar-refractivity contribution is 7.89. The molecule has 0 spiro atoms. The lowest BCUT2D eigenvalue weighted by molar-refractivity contribution is 0.0730. The molecular weight excluding hydrogens is 404 g/mol. The van der Waals surface area contributed by atoms with Crippen LogP contribution < -0.4 is 5.32 Å². The van der Waals surface area contributed by atoms with Crippen molar-refractivity contribution in [3.05, 3.63) is 52.9 Å². The van der Waals surface area contributed by atoms with Crippen molar-refractivity contribution < 1.29 is 22.4 Å². The number of nitrogens with one attached hydrogen (secondary N) is 1. The van der Waals surface area contributed by atoms with E-state index < -0.39 is 15.9 Å². The molecule has 1 saturated heterocycles. The molecule has 0 aliphatic carbocycles. The van der Waals surface area contributed by atoms with Crippen LogP contribution in [0.4, 0.5) is 0 Å². The molecule has 2 aromatic rings. The van der Waals surface area contributed by atoms with Gasteiger partial charge in [-0.25, -0.2) is 8.42 Å². The van der Waals surface area contributed by atoms with Crippen molar-refractivity contribution >= 4 is 27.5 Å². The number of halogens is 1. The third-order valence-corrected chi connectivity index (χ3v) is 6.80. The van der Waals surface area contributed by atoms with E-state index in [1.54, 1.807) is 6.26 Å². The standard InChI is InChI=1S/C19H23ClN2O5S/c1-14(4-5-15-3-2-10-27-15)21-19(23)17-13-16(6-7-18(17)20)28(24,25)22-8-11-26-12-9-22/h2-3,6-7,10,13-14H,4-5,8-9,11-12H2,1H3,(H,21,23). The smallest absolute Gasteiger partial charge is 0.253 e. The SMILES string of the molecule is CC(CCc1ccco1)NC(=O)c1cc(S(=O)(=O)N2CCOCC2)ccc1Cl. The van der Waals surface area contributed by atoms with Gasteiger partial charge in [0.2, 0.25) is 10.0 Å². The van der Waals surface area contributed by atoms with Crippen LogP contribution in [-0.4, -0.2) is 51.0 Å². The molecule has 0 radical (unpaired) electrons. The van der Waals surface area contributed by atoms with E-state index in [1.165, 1.54) is 22.5 Å². The first-order valence-electron chi connectivity index (χ1n) is 9.08. The highest BCUT2D eigenvalue weighted by Gasteiger charge is 2.27. The molecule has 1 aromatic carbocycles. The van der Waals surface area contributed by atoms with Gasteiger partial charge in [0.1, 0.15) is 5.76 Å². The molecule has 2 heterocycles. The van der Waals surface area contributed by atoms with Crippen molar-refractivity contribution in [1.82, 2.24) is 9.62 Å². The Kier molecular flexibility index (Phi) is 6.77. The molecule has 0 saturated carbocycles. The van der Waals surface area contributed by atoms with Crippen LogP contribution >= 0.6 is 11.6 Å². The van der Waals surface area contributed by atoms with E-state index in [2.05, 4.69) is 5.32 Å². The van der Waals surface area contributed by atoms with Crippen LogP contribution in [0.25, 0.3) is 0 Å². The second kappa shape index (κ2) is 9.09. The molecule has 1 amide bonds. The Bertz CT molecular complexity index is 908. The van der Waals surface area contributed by atoms with E-state index in [4.69, 9.17) is 20.8 Å². The third-order valence-electron chi connectivity index (χ3n) is 4.57. The van der Waals surface area contributed by atoms with E-state index in [0.29, 0.717) is 26.1 Å². The largest absolute Gasteiger partial charge is 0.469 e. The number of morpholine rings is 1. The number of ether oxygens (including phenoxy) is 1. The van der Waals surface area contributed by atoms with Gasteiger partial charge in [-0.15, -0.1) is 0 Å². The maximum atomic E-state index is 12.8. The molecule has 1 aromatic heterocycles. The van der Waals surface area contributed by atoms with Crippen molar-refractivity contribution in [1.29, 1.82) is 0 Å². The van der Waals surface area contributed by atoms with E-state index in [1.807, 2.05) is 19.1 Å². The summed E-state index contributed by atoms with van der Waals surface area (Å²) < 4.78 is 37.5. The second-order valence-electron chi connectivity index (χ2n) is 6.65. The maximum Gasteiger partial charge on any atom is 0.253 e. The Morgan fingerprint density at radius 3 is 2.71 bits per heavy atom. The predicted molar refractivity (Wildman–Crippen MR) is 105 cm³/mol. The zero-order chi connectivity index (χ0) is 20.1. The quantitative estimate of drug-likeness (QED) is 0.735. The normalized spacial score (nSPS) is 16.6. The van der Waals surface area contributed by atoms with Gasteiger partial charge in [-0.1, -0.05) is 11.6 Å². The summed E-state index contributed by atoms with van der Waals surface area (Å²) in [7, 11) is -3.70. The van der Waals surface area contributed by atoms with Crippen LogP contribution in [0.2, 0.25) is 5.02 Å². The van der Waals surface area contributed by atoms with Gasteiger partial charge >= 0.3 is 0 Å². The lowest BCUT2D eigenvalue weighted by atomic mass is 10.1. The summed E-state index contributed by atoms with van der Waals surface area (Å²) in [5, 5.41) is 3.07. The number of furan rings is 1. The molecule has 28 heavy (non-hydrogen) atoms. The number of carbonyl (C=O) groups excluding carboxylic acids is 1. The van der Waals surface area contributed by atoms with Crippen LogP contribution in [0.5, 0.6) is 0 Å². The van der Waals surface area contributed by atoms with Gasteiger partial charge in [0.05, 0.1) is 35.0 Å². The summed E-state index contributed by atoms with van der Waals surface area (Å²) in [6.07, 6.45) is 2.98. The summed E-state index contributed by atoms with van der Waals surface area (Å²) >= 11 is 6.16. The van der Waals surface area contributed by atoms with Crippen LogP contribution in [0.15, 0.2) is 45.9 Å². The number of rotatable bonds is 7. The van der Waals surface area contributed by atoms with Crippen LogP contribution in [0.1, 0.15) is 29.5 Å². The molecule has 1 unspecified atom stereocenters. The van der Waals surface area contributed by atoms with Crippen molar-refractivity contribution in [2.24, 2.45) is 0 Å². The minimum absolute atomic E-state index is 0.0483. The van der Waals surface area contributed by atoms with Crippen molar-refractivity contribution in [2.75, 3.05) is 26.3 Å². The molecule has 1 aliphatic heterocycles. The molecule has 0 bridgehead atoms. The Morgan fingerprint density at radius 2 is 2.04 bits per heavy atom. The fourth-order valence-electron chi connectivity index (χ4n) is 2.96. The maximum absolute atomic E-state index is 12.8. The number of aryl methyl sites for hydroxylation is 1. The monoisotopic (exact) mass is 426 g/mol. The highest BCUT2D eigenvalue weighted by Crippen LogP contribution is 2.24. The Hall–Kier alpha value is -1.87. The number of hydrogen-bond donors (Lipinski definition) is 1. The Balaban J connectivity index is 1.70. The van der Waals surface area contributed by atoms with Gasteiger partial charge in [0, 0.05) is 25.6 Å². The van der Waals surface area contributed by atoms with Crippen LogP contribution in [-0.2, 0) is 21.2 Å². The lowest BCUT2D eigenvalue weighted by Gasteiger charge is -2.26. The molecule has 1 N–H and O–H groups in total. The van der Waals surface area contributed by atoms with Crippen LogP contribution in [0.3, 0.4) is 0 Å². The molecule has 1 aliphatic rings. The molecule has 7 nitrogen and oxygen atoms in total. The van der Waals surface area contributed by atoms with Gasteiger partial charge < -0.3 is 14.5 Å². The van der Waals surface area contributed by atoms with Crippen molar-refractivity contribution in [3.8, 4) is 0 Å². The van der Waals surface area contributed by atoms with Gasteiger partial charge in [0.25, 0.3) is 5.91 Å². The molecule has 9 heteroatoms. The van der Waals surface area contributed by atoms with Crippen LogP contribution in [0, 0.1) is 0 Å². The molecule has 1 fully saturated rings. The minimum Gasteiger partial charge on any atom is -0.469 e. The lowest BCUT2D eigenvalue weighted by Crippen LogP contribution is -2.40. The fourth-order valence-corrected chi connectivity index (χ4v) is 4.60. The Labute approximate surface area is 169 Å². The number of sulfonamides is 1. The highest BCUT2D eigenvalue weighted by atomic mass is 35.5. The zero-order valence-corrected chi connectivity index (χ0v) is 17.1. The first-order chi connectivity index (χ1) is 13.4. The van der Waals surface area contributed by atoms with Gasteiger partial charge in [-0.3, -0.25) is 4.79 Å². The summed E-state index contributed by atoms with van der Waals surface area (Å²) in [5.41, 5.74) is 0.140. The van der Waals surface area contributed by atoms with Crippen molar-refractivity contribution in [2.45, 2.75) is 30.7 Å². The van der Waals surface area contributed by atoms with E-state index in [0.717, 1.165) is 5.76 Å². The number of nitrogens with zero attached hydrogens (tertiary/aromatic N) is 1. The summed E-state index contributed by atoms with van der Waals surface area (Å²) in [6, 6.07) is 7.76. The first kappa shape index (κ1) is 20.9. The molecular formula is C19H23ClN2O5S. The number of carbonyl (C=O) groups is 1. The predicted octanol–water partition coefficient (Wildman–Crippen LogP) is 2.71. The number of hydrogen-bond acceptors (Lipinski definition) is 5. The topological polar surface area (TPSA) is 88.8 Å². The van der Waals surface area contributed by atoms with Crippen molar-refractivity contribution in [3.63, 3.8) is 0 Å². The van der Waals surface area contributed by atoms with E-state index in [9.17, 15) is 13.2 Å². The van der Waals surface area contributed by atoms with Gasteiger partial charge in [0.15, 0.2) is 0 Å². The first-order valence-corrected chi connectivity index (χ1v) is 10.9. The minimum atomic E-state index is -3.70. The van der Waals surface area contributed by atoms with E-state index >= 15 is 0 Å². The summed E-state index contributed by atoms with van der Waals surface area (Å²) in [5.74, 6) is 0.439. The molecule has 152 valence electrons. The third kappa shape index (κ3) is 4.94. The average molecular weight is 427 g/mol. The summed E-state index contributed by atoms with van der Waals surface area (Å²) in [4.78, 5) is 12.7. The number of amides is 1. The van der Waals surface area contributed by atoms with Gasteiger partial charge in [-0.05, 0) is 43.7 Å². The van der Waals surface area contributed by atoms with Gasteiger partial charge in [-0.2, -0.15) is 4.31 Å². The Morgan fingerprint density at radius 1 is 1.29 bits per heavy atom. The average Bonchev–Trinajstić information content (AvgIpc) is 3.21. The fraction of sp³-hybridized carbons (Fsp3) is 0.421. The zero-order valence-electron chi connectivity index (χ0n) is 15.6.